The van der Waals surface area contributed by atoms with Crippen molar-refractivity contribution in [2.24, 2.45) is 0 Å². The molecule has 0 aliphatic carbocycles. The predicted octanol–water partition coefficient (Wildman–Crippen LogP) is 7.39. The number of aromatic nitrogens is 1. The van der Waals surface area contributed by atoms with Crippen LogP contribution in [0, 0.1) is 0 Å². The minimum atomic E-state index is -0.639. The van der Waals surface area contributed by atoms with E-state index in [0.717, 1.165) is 16.0 Å². The molecule has 0 bridgehead atoms. The molecule has 236 valence electrons. The summed E-state index contributed by atoms with van der Waals surface area (Å²) in [6, 6.07) is 33.8. The second-order valence-electron chi connectivity index (χ2n) is 10.8. The van der Waals surface area contributed by atoms with Crippen LogP contribution in [0.25, 0.3) is 28.6 Å². The standard InChI is InChI=1S/C37H26N4O5S2/c42-33-22-32(37(45)41(33)26-17-15-24(16-18-26)36-40-29-13-4-5-14-31(29)46-36)48-28-11-6-10-25(20-28)38-35(44)30(21-27-12-7-19-47-27)39-34(43)23-8-2-1-3-9-23/h1-21,32H,22H2,(H,38,44)(H,39,43). The van der Waals surface area contributed by atoms with E-state index in [1.807, 2.05) is 53.9 Å². The molecule has 4 amide bonds. The Kier molecular flexibility index (Phi) is 8.69. The number of benzene rings is 4. The number of amides is 4. The predicted molar refractivity (Wildman–Crippen MR) is 187 cm³/mol. The van der Waals surface area contributed by atoms with Gasteiger partial charge in [-0.25, -0.2) is 9.88 Å². The first kappa shape index (κ1) is 30.9. The summed E-state index contributed by atoms with van der Waals surface area (Å²) < 4.78 is 5.84. The first-order valence-electron chi connectivity index (χ1n) is 14.9. The Hall–Kier alpha value is -5.78. The van der Waals surface area contributed by atoms with E-state index in [-0.39, 0.29) is 23.9 Å². The minimum absolute atomic E-state index is 0.0339. The molecule has 11 heteroatoms. The summed E-state index contributed by atoms with van der Waals surface area (Å²) in [4.78, 5) is 60.0. The summed E-state index contributed by atoms with van der Waals surface area (Å²) in [6.07, 6.45) is 1.66. The van der Waals surface area contributed by atoms with Crippen molar-refractivity contribution in [2.75, 3.05) is 10.2 Å². The summed E-state index contributed by atoms with van der Waals surface area (Å²) in [6.45, 7) is 0. The van der Waals surface area contributed by atoms with Gasteiger partial charge >= 0.3 is 0 Å². The summed E-state index contributed by atoms with van der Waals surface area (Å²) in [5.74, 6) is -1.08. The number of para-hydroxylation sites is 2. The highest BCUT2D eigenvalue weighted by Gasteiger charge is 2.40. The van der Waals surface area contributed by atoms with Gasteiger partial charge < -0.3 is 15.1 Å². The molecule has 2 N–H and O–H groups in total. The number of hydrogen-bond donors (Lipinski definition) is 2. The van der Waals surface area contributed by atoms with Gasteiger partial charge in [0.1, 0.15) is 11.2 Å². The molecule has 0 saturated carbocycles. The molecule has 1 fully saturated rings. The first-order chi connectivity index (χ1) is 23.4. The fraction of sp³-hybridized carbons (Fsp3) is 0.0541. The van der Waals surface area contributed by atoms with Crippen LogP contribution in [0.2, 0.25) is 0 Å². The fourth-order valence-corrected chi connectivity index (χ4v) is 6.95. The Balaban J connectivity index is 1.03. The molecule has 0 spiro atoms. The van der Waals surface area contributed by atoms with Crippen LogP contribution in [-0.4, -0.2) is 33.9 Å². The maximum Gasteiger partial charge on any atom is 0.272 e. The molecule has 0 radical (unpaired) electrons. The number of thiophene rings is 1. The first-order valence-corrected chi connectivity index (χ1v) is 16.7. The number of anilines is 2. The fourth-order valence-electron chi connectivity index (χ4n) is 5.18. The summed E-state index contributed by atoms with van der Waals surface area (Å²) in [5.41, 5.74) is 3.59. The molecule has 1 saturated heterocycles. The summed E-state index contributed by atoms with van der Waals surface area (Å²) >= 11 is 2.69. The molecule has 48 heavy (non-hydrogen) atoms. The highest BCUT2D eigenvalue weighted by molar-refractivity contribution is 8.00. The van der Waals surface area contributed by atoms with Crippen molar-refractivity contribution in [3.05, 3.63) is 137 Å². The largest absolute Gasteiger partial charge is 0.436 e. The Morgan fingerprint density at radius 2 is 1.69 bits per heavy atom. The van der Waals surface area contributed by atoms with E-state index in [1.54, 1.807) is 72.8 Å². The van der Waals surface area contributed by atoms with Crippen LogP contribution in [0.4, 0.5) is 11.4 Å². The molecule has 9 nitrogen and oxygen atoms in total. The highest BCUT2D eigenvalue weighted by atomic mass is 32.2. The van der Waals surface area contributed by atoms with E-state index in [2.05, 4.69) is 15.6 Å². The maximum atomic E-state index is 13.5. The Labute approximate surface area is 283 Å². The second-order valence-corrected chi connectivity index (χ2v) is 13.0. The molecule has 7 rings (SSSR count). The SMILES string of the molecule is O=C(Nc1cccc(SC2CC(=O)N(c3ccc(-c4nc5ccccc5o4)cc3)C2=O)c1)C(=Cc1cccs1)NC(=O)c1ccccc1. The van der Waals surface area contributed by atoms with Gasteiger partial charge in [-0.2, -0.15) is 0 Å². The van der Waals surface area contributed by atoms with Crippen molar-refractivity contribution in [2.45, 2.75) is 16.6 Å². The number of hydrogen-bond acceptors (Lipinski definition) is 8. The van der Waals surface area contributed by atoms with E-state index in [0.29, 0.717) is 33.3 Å². The van der Waals surface area contributed by atoms with Gasteiger partial charge in [-0.15, -0.1) is 23.1 Å². The lowest BCUT2D eigenvalue weighted by molar-refractivity contribution is -0.121. The van der Waals surface area contributed by atoms with E-state index < -0.39 is 17.1 Å². The smallest absolute Gasteiger partial charge is 0.272 e. The normalized spacial score (nSPS) is 14.8. The van der Waals surface area contributed by atoms with Crippen LogP contribution in [0.15, 0.2) is 136 Å². The molecule has 4 aromatic carbocycles. The van der Waals surface area contributed by atoms with Crippen LogP contribution in [0.1, 0.15) is 21.7 Å². The third-order valence-corrected chi connectivity index (χ3v) is 9.50. The van der Waals surface area contributed by atoms with Gasteiger partial charge in [0, 0.05) is 33.0 Å². The summed E-state index contributed by atoms with van der Waals surface area (Å²) in [5, 5.41) is 6.82. The zero-order chi connectivity index (χ0) is 33.0. The molecule has 1 aliphatic rings. The van der Waals surface area contributed by atoms with Crippen molar-refractivity contribution in [1.82, 2.24) is 10.3 Å². The number of carbonyl (C=O) groups is 4. The molecular weight excluding hydrogens is 645 g/mol. The van der Waals surface area contributed by atoms with Crippen molar-refractivity contribution in [1.29, 1.82) is 0 Å². The molecule has 2 aromatic heterocycles. The maximum absolute atomic E-state index is 13.5. The lowest BCUT2D eigenvalue weighted by atomic mass is 10.2. The van der Waals surface area contributed by atoms with Crippen molar-refractivity contribution >= 4 is 75.3 Å². The van der Waals surface area contributed by atoms with Crippen molar-refractivity contribution in [3.63, 3.8) is 0 Å². The topological polar surface area (TPSA) is 122 Å². The van der Waals surface area contributed by atoms with Gasteiger partial charge in [-0.05, 0) is 84.3 Å². The Bertz CT molecular complexity index is 2140. The van der Waals surface area contributed by atoms with Crippen LogP contribution >= 0.6 is 23.1 Å². The molecule has 6 aromatic rings. The van der Waals surface area contributed by atoms with Crippen LogP contribution in [0.3, 0.4) is 0 Å². The zero-order valence-corrected chi connectivity index (χ0v) is 26.8. The van der Waals surface area contributed by atoms with Crippen molar-refractivity contribution in [3.8, 4) is 11.5 Å². The number of imide groups is 1. The van der Waals surface area contributed by atoms with E-state index in [9.17, 15) is 19.2 Å². The lowest BCUT2D eigenvalue weighted by Gasteiger charge is -2.15. The van der Waals surface area contributed by atoms with Crippen LogP contribution < -0.4 is 15.5 Å². The van der Waals surface area contributed by atoms with Gasteiger partial charge in [0.05, 0.1) is 10.9 Å². The van der Waals surface area contributed by atoms with E-state index >= 15 is 0 Å². The Morgan fingerprint density at radius 3 is 2.46 bits per heavy atom. The number of nitrogens with one attached hydrogen (secondary N) is 2. The number of carbonyl (C=O) groups excluding carboxylic acids is 4. The van der Waals surface area contributed by atoms with Gasteiger partial charge in [-0.1, -0.05) is 42.5 Å². The highest BCUT2D eigenvalue weighted by Crippen LogP contribution is 2.36. The van der Waals surface area contributed by atoms with E-state index in [1.165, 1.54) is 28.0 Å². The monoisotopic (exact) mass is 670 g/mol. The minimum Gasteiger partial charge on any atom is -0.436 e. The quantitative estimate of drug-likeness (QED) is 0.122. The molecule has 1 aliphatic heterocycles. The molecular formula is C37H26N4O5S2. The average molecular weight is 671 g/mol. The van der Waals surface area contributed by atoms with Gasteiger partial charge in [0.15, 0.2) is 5.58 Å². The second kappa shape index (κ2) is 13.5. The molecule has 3 heterocycles. The number of nitrogens with zero attached hydrogens (tertiary/aromatic N) is 2. The van der Waals surface area contributed by atoms with Gasteiger partial charge in [0.2, 0.25) is 17.7 Å². The van der Waals surface area contributed by atoms with Crippen molar-refractivity contribution < 1.29 is 23.6 Å². The summed E-state index contributed by atoms with van der Waals surface area (Å²) in [7, 11) is 0. The third kappa shape index (κ3) is 6.68. The van der Waals surface area contributed by atoms with Crippen LogP contribution in [-0.2, 0) is 14.4 Å². The number of oxazole rings is 1. The Morgan fingerprint density at radius 1 is 0.896 bits per heavy atom. The number of thioether (sulfide) groups is 1. The van der Waals surface area contributed by atoms with E-state index in [4.69, 9.17) is 4.42 Å². The number of fused-ring (bicyclic) bond motifs is 1. The van der Waals surface area contributed by atoms with Gasteiger partial charge in [-0.3, -0.25) is 19.2 Å². The average Bonchev–Trinajstić information content (AvgIpc) is 3.84. The van der Waals surface area contributed by atoms with Gasteiger partial charge in [0.25, 0.3) is 11.8 Å². The molecule has 1 atom stereocenters. The number of rotatable bonds is 9. The third-order valence-electron chi connectivity index (χ3n) is 7.50. The lowest BCUT2D eigenvalue weighted by Crippen LogP contribution is -2.31. The van der Waals surface area contributed by atoms with Crippen LogP contribution in [0.5, 0.6) is 0 Å². The zero-order valence-electron chi connectivity index (χ0n) is 25.2. The molecule has 1 unspecified atom stereocenters.